The molecule has 3 atom stereocenters. The first-order valence-electron chi connectivity index (χ1n) is 6.12. The van der Waals surface area contributed by atoms with E-state index in [0.29, 0.717) is 12.3 Å². The minimum Gasteiger partial charge on any atom is -0.316 e. The second-order valence-electron chi connectivity index (χ2n) is 4.58. The molecule has 1 aliphatic rings. The van der Waals surface area contributed by atoms with Gasteiger partial charge in [0.15, 0.2) is 5.25 Å². The van der Waals surface area contributed by atoms with Crippen LogP contribution in [-0.2, 0) is 10.0 Å². The van der Waals surface area contributed by atoms with Crippen molar-refractivity contribution in [2.24, 2.45) is 5.92 Å². The van der Waals surface area contributed by atoms with Crippen LogP contribution < -0.4 is 10.0 Å². The Morgan fingerprint density at radius 2 is 2.29 bits per heavy atom. The number of hydrogen-bond acceptors (Lipinski definition) is 4. The lowest BCUT2D eigenvalue weighted by molar-refractivity contribution is 0.320. The fourth-order valence-electron chi connectivity index (χ4n) is 2.12. The molecular weight excluding hydrogens is 238 g/mol. The molecule has 98 valence electrons. The molecule has 1 saturated heterocycles. The van der Waals surface area contributed by atoms with E-state index < -0.39 is 15.3 Å². The van der Waals surface area contributed by atoms with Gasteiger partial charge in [0.1, 0.15) is 0 Å². The summed E-state index contributed by atoms with van der Waals surface area (Å²) in [7, 11) is -3.51. The summed E-state index contributed by atoms with van der Waals surface area (Å²) in [6, 6.07) is 1.72. The number of hydrogen-bond donors (Lipinski definition) is 2. The number of nitrogens with one attached hydrogen (secondary N) is 2. The number of sulfonamides is 1. The van der Waals surface area contributed by atoms with Gasteiger partial charge in [-0.2, -0.15) is 5.26 Å². The van der Waals surface area contributed by atoms with Crippen molar-refractivity contribution in [3.63, 3.8) is 0 Å². The molecule has 0 aromatic carbocycles. The fraction of sp³-hybridized carbons (Fsp3) is 0.909. The molecule has 0 aliphatic carbocycles. The van der Waals surface area contributed by atoms with Crippen molar-refractivity contribution in [3.05, 3.63) is 0 Å². The van der Waals surface area contributed by atoms with E-state index in [-0.39, 0.29) is 6.04 Å². The maximum atomic E-state index is 11.9. The molecule has 0 amide bonds. The second kappa shape index (κ2) is 6.34. The molecule has 0 spiro atoms. The normalized spacial score (nSPS) is 24.9. The van der Waals surface area contributed by atoms with Gasteiger partial charge in [-0.05, 0) is 45.2 Å². The molecule has 0 aromatic rings. The van der Waals surface area contributed by atoms with Gasteiger partial charge in [0.25, 0.3) is 0 Å². The average molecular weight is 259 g/mol. The molecular formula is C11H21N3O2S. The maximum Gasteiger partial charge on any atom is 0.228 e. The highest BCUT2D eigenvalue weighted by molar-refractivity contribution is 7.90. The van der Waals surface area contributed by atoms with Crippen LogP contribution in [0.4, 0.5) is 0 Å². The molecule has 1 rings (SSSR count). The van der Waals surface area contributed by atoms with Crippen LogP contribution in [0.2, 0.25) is 0 Å². The van der Waals surface area contributed by atoms with Crippen molar-refractivity contribution in [1.29, 1.82) is 5.26 Å². The third-order valence-electron chi connectivity index (χ3n) is 3.28. The van der Waals surface area contributed by atoms with Gasteiger partial charge in [-0.25, -0.2) is 13.1 Å². The van der Waals surface area contributed by atoms with Gasteiger partial charge in [-0.3, -0.25) is 0 Å². The van der Waals surface area contributed by atoms with E-state index in [1.165, 1.54) is 0 Å². The largest absolute Gasteiger partial charge is 0.316 e. The number of nitriles is 1. The van der Waals surface area contributed by atoms with E-state index in [9.17, 15) is 8.42 Å². The summed E-state index contributed by atoms with van der Waals surface area (Å²) in [5.74, 6) is 0.315. The summed E-state index contributed by atoms with van der Waals surface area (Å²) in [4.78, 5) is 0. The van der Waals surface area contributed by atoms with E-state index in [1.54, 1.807) is 6.92 Å². The van der Waals surface area contributed by atoms with Gasteiger partial charge in [-0.1, -0.05) is 6.92 Å². The molecule has 1 heterocycles. The van der Waals surface area contributed by atoms with Crippen LogP contribution in [-0.4, -0.2) is 32.8 Å². The molecule has 5 nitrogen and oxygen atoms in total. The van der Waals surface area contributed by atoms with Crippen molar-refractivity contribution in [3.8, 4) is 6.07 Å². The Hall–Kier alpha value is -0.640. The molecule has 0 bridgehead atoms. The van der Waals surface area contributed by atoms with E-state index in [0.717, 1.165) is 25.9 Å². The molecule has 0 aromatic heterocycles. The Morgan fingerprint density at radius 3 is 2.76 bits per heavy atom. The quantitative estimate of drug-likeness (QED) is 0.757. The van der Waals surface area contributed by atoms with Crippen LogP contribution in [0.15, 0.2) is 0 Å². The molecule has 2 N–H and O–H groups in total. The first-order valence-corrected chi connectivity index (χ1v) is 7.67. The van der Waals surface area contributed by atoms with Crippen LogP contribution in [0.1, 0.15) is 33.1 Å². The Bertz CT molecular complexity index is 369. The summed E-state index contributed by atoms with van der Waals surface area (Å²) in [6.07, 6.45) is 2.42. The van der Waals surface area contributed by atoms with Crippen LogP contribution in [0.25, 0.3) is 0 Å². The molecule has 1 fully saturated rings. The van der Waals surface area contributed by atoms with Gasteiger partial charge < -0.3 is 5.32 Å². The zero-order chi connectivity index (χ0) is 12.9. The zero-order valence-electron chi connectivity index (χ0n) is 10.4. The van der Waals surface area contributed by atoms with Gasteiger partial charge in [0.2, 0.25) is 10.0 Å². The summed E-state index contributed by atoms with van der Waals surface area (Å²) >= 11 is 0. The first-order chi connectivity index (χ1) is 8.01. The first kappa shape index (κ1) is 14.4. The summed E-state index contributed by atoms with van der Waals surface area (Å²) in [5, 5.41) is 11.1. The van der Waals surface area contributed by atoms with Gasteiger partial charge in [0.05, 0.1) is 6.07 Å². The minimum atomic E-state index is -3.51. The standard InChI is InChI=1S/C11H21N3O2S/c1-3-11(7-12)17(15,16)14-9(2)10-5-4-6-13-8-10/h9-11,13-14H,3-6,8H2,1-2H3. The van der Waals surface area contributed by atoms with Crippen LogP contribution >= 0.6 is 0 Å². The van der Waals surface area contributed by atoms with Gasteiger partial charge >= 0.3 is 0 Å². The molecule has 0 saturated carbocycles. The van der Waals surface area contributed by atoms with E-state index in [4.69, 9.17) is 5.26 Å². The summed E-state index contributed by atoms with van der Waals surface area (Å²) < 4.78 is 26.4. The molecule has 6 heteroatoms. The Balaban J connectivity index is 2.60. The molecule has 1 aliphatic heterocycles. The van der Waals surface area contributed by atoms with E-state index in [2.05, 4.69) is 10.0 Å². The van der Waals surface area contributed by atoms with Crippen molar-refractivity contribution < 1.29 is 8.42 Å². The lowest BCUT2D eigenvalue weighted by atomic mass is 9.94. The SMILES string of the molecule is CCC(C#N)S(=O)(=O)NC(C)C1CCCNC1. The van der Waals surface area contributed by atoms with Crippen molar-refractivity contribution in [2.75, 3.05) is 13.1 Å². The lowest BCUT2D eigenvalue weighted by Gasteiger charge is -2.29. The predicted molar refractivity (Wildman–Crippen MR) is 66.8 cm³/mol. The third-order valence-corrected chi connectivity index (χ3v) is 5.17. The second-order valence-corrected chi connectivity index (χ2v) is 6.48. The van der Waals surface area contributed by atoms with E-state index >= 15 is 0 Å². The molecule has 3 unspecified atom stereocenters. The van der Waals surface area contributed by atoms with Gasteiger partial charge in [0, 0.05) is 6.04 Å². The molecule has 0 radical (unpaired) electrons. The Labute approximate surface area is 104 Å². The van der Waals surface area contributed by atoms with E-state index in [1.807, 2.05) is 13.0 Å². The topological polar surface area (TPSA) is 82.0 Å². The number of nitrogens with zero attached hydrogens (tertiary/aromatic N) is 1. The van der Waals surface area contributed by atoms with Crippen molar-refractivity contribution in [1.82, 2.24) is 10.0 Å². The van der Waals surface area contributed by atoms with Crippen LogP contribution in [0.5, 0.6) is 0 Å². The lowest BCUT2D eigenvalue weighted by Crippen LogP contribution is -2.46. The smallest absolute Gasteiger partial charge is 0.228 e. The summed E-state index contributed by atoms with van der Waals surface area (Å²) in [5.41, 5.74) is 0. The van der Waals surface area contributed by atoms with Gasteiger partial charge in [-0.15, -0.1) is 0 Å². The molecule has 17 heavy (non-hydrogen) atoms. The highest BCUT2D eigenvalue weighted by Gasteiger charge is 2.28. The van der Waals surface area contributed by atoms with Crippen molar-refractivity contribution >= 4 is 10.0 Å². The highest BCUT2D eigenvalue weighted by atomic mass is 32.2. The zero-order valence-corrected chi connectivity index (χ0v) is 11.3. The average Bonchev–Trinajstić information content (AvgIpc) is 2.30. The Kier molecular flexibility index (Phi) is 5.37. The summed E-state index contributed by atoms with van der Waals surface area (Å²) in [6.45, 7) is 5.43. The fourth-order valence-corrected chi connectivity index (χ4v) is 3.58. The highest BCUT2D eigenvalue weighted by Crippen LogP contribution is 2.16. The minimum absolute atomic E-state index is 0.116. The van der Waals surface area contributed by atoms with Crippen LogP contribution in [0, 0.1) is 17.2 Å². The predicted octanol–water partition coefficient (Wildman–Crippen LogP) is 0.596. The Morgan fingerprint density at radius 1 is 1.59 bits per heavy atom. The number of piperidine rings is 1. The van der Waals surface area contributed by atoms with Crippen LogP contribution in [0.3, 0.4) is 0 Å². The monoisotopic (exact) mass is 259 g/mol. The number of rotatable bonds is 5. The third kappa shape index (κ3) is 3.95. The maximum absolute atomic E-state index is 11.9. The van der Waals surface area contributed by atoms with Crippen molar-refractivity contribution in [2.45, 2.75) is 44.4 Å².